The van der Waals surface area contributed by atoms with Crippen LogP contribution in [0.25, 0.3) is 0 Å². The molecule has 0 unspecified atom stereocenters. The monoisotopic (exact) mass is 289 g/mol. The van der Waals surface area contributed by atoms with Gasteiger partial charge in [-0.3, -0.25) is 4.89 Å². The van der Waals surface area contributed by atoms with Crippen LogP contribution in [0, 0.1) is 24.4 Å². The molecule has 3 nitrogen and oxygen atoms in total. The van der Waals surface area contributed by atoms with E-state index in [2.05, 4.69) is 20.8 Å². The van der Waals surface area contributed by atoms with E-state index in [1.54, 1.807) is 6.07 Å². The molecule has 1 aromatic rings. The van der Waals surface area contributed by atoms with Crippen LogP contribution in [0.4, 0.5) is 0 Å². The van der Waals surface area contributed by atoms with Crippen molar-refractivity contribution in [3.8, 4) is 0 Å². The van der Waals surface area contributed by atoms with Gasteiger partial charge in [-0.25, -0.2) is 4.79 Å². The highest BCUT2D eigenvalue weighted by atomic mass is 17.2. The predicted octanol–water partition coefficient (Wildman–Crippen LogP) is 4.85. The molecule has 0 aromatic heterocycles. The first-order valence-electron chi connectivity index (χ1n) is 7.67. The van der Waals surface area contributed by atoms with Gasteiger partial charge in [-0.1, -0.05) is 39.0 Å². The first-order valence-corrected chi connectivity index (χ1v) is 7.67. The minimum Gasteiger partial charge on any atom is -0.292 e. The molecule has 3 heteroatoms. The Labute approximate surface area is 127 Å². The van der Waals surface area contributed by atoms with E-state index < -0.39 is 5.97 Å². The maximum Gasteiger partial charge on any atom is 0.373 e. The van der Waals surface area contributed by atoms with Crippen molar-refractivity contribution in [3.63, 3.8) is 0 Å². The molecule has 0 atom stereocenters. The molecule has 0 saturated heterocycles. The van der Waals surface area contributed by atoms with Crippen LogP contribution in [-0.2, 0) is 9.78 Å². The van der Waals surface area contributed by atoms with Crippen molar-refractivity contribution in [2.24, 2.45) is 11.3 Å². The van der Waals surface area contributed by atoms with Gasteiger partial charge in [0.15, 0.2) is 0 Å². The number of benzene rings is 1. The van der Waals surface area contributed by atoms with Crippen molar-refractivity contribution in [1.29, 1.82) is 0 Å². The molecule has 0 spiro atoms. The molecule has 0 N–H and O–H groups in total. The van der Waals surface area contributed by atoms with Gasteiger partial charge in [-0.15, -0.1) is 0 Å². The van der Waals surface area contributed by atoms with Gasteiger partial charge < -0.3 is 0 Å². The SMILES string of the molecule is Cc1ccccc1C(=O)OO[C]1CCC(C(C)(C)C)CC1. The van der Waals surface area contributed by atoms with E-state index in [0.717, 1.165) is 37.4 Å². The second kappa shape index (κ2) is 6.61. The third-order valence-corrected chi connectivity index (χ3v) is 4.37. The zero-order chi connectivity index (χ0) is 15.5. The van der Waals surface area contributed by atoms with Crippen LogP contribution in [0.5, 0.6) is 0 Å². The van der Waals surface area contributed by atoms with E-state index in [-0.39, 0.29) is 0 Å². The third kappa shape index (κ3) is 4.31. The topological polar surface area (TPSA) is 35.5 Å². The van der Waals surface area contributed by atoms with Crippen molar-refractivity contribution in [2.45, 2.75) is 53.4 Å². The number of carbonyl (C=O) groups excluding carboxylic acids is 1. The van der Waals surface area contributed by atoms with Crippen molar-refractivity contribution >= 4 is 5.97 Å². The summed E-state index contributed by atoms with van der Waals surface area (Å²) in [6.07, 6.45) is 4.84. The average Bonchev–Trinajstić information content (AvgIpc) is 2.45. The van der Waals surface area contributed by atoms with Gasteiger partial charge in [-0.2, -0.15) is 4.89 Å². The molecule has 21 heavy (non-hydrogen) atoms. The fraction of sp³-hybridized carbons (Fsp3) is 0.556. The Morgan fingerprint density at radius 2 is 1.76 bits per heavy atom. The summed E-state index contributed by atoms with van der Waals surface area (Å²) in [5, 5.41) is 0. The largest absolute Gasteiger partial charge is 0.373 e. The Morgan fingerprint density at radius 3 is 2.33 bits per heavy atom. The van der Waals surface area contributed by atoms with E-state index in [4.69, 9.17) is 9.78 Å². The van der Waals surface area contributed by atoms with E-state index in [1.807, 2.05) is 25.1 Å². The minimum absolute atomic E-state index is 0.337. The summed E-state index contributed by atoms with van der Waals surface area (Å²) in [6.45, 7) is 8.73. The lowest BCUT2D eigenvalue weighted by Crippen LogP contribution is -2.26. The van der Waals surface area contributed by atoms with Crippen LogP contribution >= 0.6 is 0 Å². The van der Waals surface area contributed by atoms with Gasteiger partial charge in [0.05, 0.1) is 5.56 Å². The average molecular weight is 289 g/mol. The summed E-state index contributed by atoms with van der Waals surface area (Å²) in [7, 11) is 0. The molecule has 1 aliphatic rings. The van der Waals surface area contributed by atoms with Crippen molar-refractivity contribution < 1.29 is 14.6 Å². The van der Waals surface area contributed by atoms with Gasteiger partial charge in [0.25, 0.3) is 0 Å². The first kappa shape index (κ1) is 16.0. The predicted molar refractivity (Wildman–Crippen MR) is 82.3 cm³/mol. The lowest BCUT2D eigenvalue weighted by atomic mass is 9.72. The van der Waals surface area contributed by atoms with E-state index in [9.17, 15) is 4.79 Å². The summed E-state index contributed by atoms with van der Waals surface area (Å²) < 4.78 is 0. The van der Waals surface area contributed by atoms with E-state index >= 15 is 0 Å². The molecule has 0 heterocycles. The molecule has 115 valence electrons. The van der Waals surface area contributed by atoms with Crippen LogP contribution in [-0.4, -0.2) is 5.97 Å². The summed E-state index contributed by atoms with van der Waals surface area (Å²) in [5.41, 5.74) is 1.79. The van der Waals surface area contributed by atoms with Crippen LogP contribution in [0.2, 0.25) is 0 Å². The molecular formula is C18H25O3. The summed E-state index contributed by atoms with van der Waals surface area (Å²) >= 11 is 0. The number of hydrogen-bond acceptors (Lipinski definition) is 3. The lowest BCUT2D eigenvalue weighted by Gasteiger charge is -2.35. The van der Waals surface area contributed by atoms with Gasteiger partial charge in [0, 0.05) is 0 Å². The number of aryl methyl sites for hydroxylation is 1. The van der Waals surface area contributed by atoms with Crippen LogP contribution in [0.1, 0.15) is 62.4 Å². The highest BCUT2D eigenvalue weighted by Gasteiger charge is 2.31. The normalized spacial score (nSPS) is 17.7. The number of rotatable bonds is 3. The standard InChI is InChI=1S/C18H25O3/c1-13-7-5-6-8-16(13)17(19)21-20-15-11-9-14(10-12-15)18(2,3)4/h5-8,14H,9-12H2,1-4H3. The highest BCUT2D eigenvalue weighted by molar-refractivity contribution is 5.90. The molecule has 1 aromatic carbocycles. The molecule has 0 amide bonds. The fourth-order valence-corrected chi connectivity index (χ4v) is 2.83. The first-order chi connectivity index (χ1) is 9.88. The van der Waals surface area contributed by atoms with Gasteiger partial charge in [0.1, 0.15) is 6.10 Å². The second-order valence-corrected chi connectivity index (χ2v) is 6.95. The third-order valence-electron chi connectivity index (χ3n) is 4.37. The zero-order valence-electron chi connectivity index (χ0n) is 13.4. The molecule has 0 bridgehead atoms. The smallest absolute Gasteiger partial charge is 0.292 e. The molecule has 0 aliphatic heterocycles. The number of hydrogen-bond donors (Lipinski definition) is 0. The maximum absolute atomic E-state index is 12.0. The molecule has 1 radical (unpaired) electrons. The zero-order valence-corrected chi connectivity index (χ0v) is 13.4. The highest BCUT2D eigenvalue weighted by Crippen LogP contribution is 2.40. The Bertz CT molecular complexity index is 479. The van der Waals surface area contributed by atoms with E-state index in [0.29, 0.717) is 16.9 Å². The molecule has 1 aliphatic carbocycles. The maximum atomic E-state index is 12.0. The van der Waals surface area contributed by atoms with Crippen LogP contribution in [0.15, 0.2) is 24.3 Å². The van der Waals surface area contributed by atoms with Crippen molar-refractivity contribution in [3.05, 3.63) is 41.5 Å². The minimum atomic E-state index is -0.418. The van der Waals surface area contributed by atoms with Crippen molar-refractivity contribution in [1.82, 2.24) is 0 Å². The summed E-state index contributed by atoms with van der Waals surface area (Å²) in [6, 6.07) is 7.36. The molecule has 1 fully saturated rings. The van der Waals surface area contributed by atoms with Gasteiger partial charge in [-0.05, 0) is 55.6 Å². The van der Waals surface area contributed by atoms with Crippen molar-refractivity contribution in [2.75, 3.05) is 0 Å². The second-order valence-electron chi connectivity index (χ2n) is 6.95. The van der Waals surface area contributed by atoms with E-state index in [1.165, 1.54) is 0 Å². The summed E-state index contributed by atoms with van der Waals surface area (Å²) in [5.74, 6) is 0.287. The van der Waals surface area contributed by atoms with Gasteiger partial charge in [0.2, 0.25) is 0 Å². The fourth-order valence-electron chi connectivity index (χ4n) is 2.83. The number of carbonyl (C=O) groups is 1. The van der Waals surface area contributed by atoms with Crippen LogP contribution in [0.3, 0.4) is 0 Å². The Kier molecular flexibility index (Phi) is 5.04. The Hall–Kier alpha value is -1.35. The van der Waals surface area contributed by atoms with Gasteiger partial charge >= 0.3 is 5.97 Å². The Balaban J connectivity index is 1.80. The molecule has 2 rings (SSSR count). The lowest BCUT2D eigenvalue weighted by molar-refractivity contribution is -0.241. The molecular weight excluding hydrogens is 264 g/mol. The Morgan fingerprint density at radius 1 is 1.14 bits per heavy atom. The van der Waals surface area contributed by atoms with Crippen LogP contribution < -0.4 is 0 Å². The quantitative estimate of drug-likeness (QED) is 0.589. The summed E-state index contributed by atoms with van der Waals surface area (Å²) in [4.78, 5) is 22.2. The molecule has 1 saturated carbocycles.